The minimum Gasteiger partial charge on any atom is -0.353 e. The van der Waals surface area contributed by atoms with Crippen LogP contribution in [-0.2, 0) is 16.4 Å². The lowest BCUT2D eigenvalue weighted by Crippen LogP contribution is -2.49. The molecule has 3 aromatic carbocycles. The summed E-state index contributed by atoms with van der Waals surface area (Å²) in [7, 11) is -3.43. The van der Waals surface area contributed by atoms with Crippen LogP contribution in [0.3, 0.4) is 0 Å². The molecular formula is C25H28N2O2S. The van der Waals surface area contributed by atoms with Gasteiger partial charge in [-0.1, -0.05) is 66.7 Å². The van der Waals surface area contributed by atoms with Crippen molar-refractivity contribution in [3.63, 3.8) is 0 Å². The van der Waals surface area contributed by atoms with Crippen LogP contribution < -0.4 is 4.90 Å². The quantitative estimate of drug-likeness (QED) is 0.561. The number of anilines is 1. The molecule has 5 heteroatoms. The first-order valence-electron chi connectivity index (χ1n) is 10.5. The smallest absolute Gasteiger partial charge is 0.196 e. The van der Waals surface area contributed by atoms with E-state index in [4.69, 9.17) is 0 Å². The normalized spacial score (nSPS) is 17.5. The Hall–Kier alpha value is -2.63. The molecule has 0 aliphatic carbocycles. The number of likely N-dealkylation sites (tertiary alicyclic amines) is 1. The summed E-state index contributed by atoms with van der Waals surface area (Å²) in [5.41, 5.74) is 2.25. The van der Waals surface area contributed by atoms with Gasteiger partial charge >= 0.3 is 0 Å². The summed E-state index contributed by atoms with van der Waals surface area (Å²) in [4.78, 5) is 4.90. The molecule has 1 atom stereocenters. The monoisotopic (exact) mass is 420 g/mol. The average molecular weight is 421 g/mol. The zero-order valence-corrected chi connectivity index (χ0v) is 17.9. The Morgan fingerprint density at radius 3 is 2.10 bits per heavy atom. The highest BCUT2D eigenvalue weighted by Crippen LogP contribution is 2.26. The fraction of sp³-hybridized carbons (Fsp3) is 0.280. The first-order valence-corrected chi connectivity index (χ1v) is 12.1. The fourth-order valence-corrected chi connectivity index (χ4v) is 5.61. The molecule has 0 amide bonds. The highest BCUT2D eigenvalue weighted by atomic mass is 32.2. The molecule has 156 valence electrons. The number of rotatable bonds is 7. The van der Waals surface area contributed by atoms with Gasteiger partial charge in [-0.25, -0.2) is 8.42 Å². The molecule has 0 radical (unpaired) electrons. The van der Waals surface area contributed by atoms with Gasteiger partial charge in [0.2, 0.25) is 0 Å². The van der Waals surface area contributed by atoms with Crippen molar-refractivity contribution < 1.29 is 8.42 Å². The molecule has 4 nitrogen and oxygen atoms in total. The van der Waals surface area contributed by atoms with Crippen LogP contribution >= 0.6 is 0 Å². The second kappa shape index (κ2) is 9.45. The predicted molar refractivity (Wildman–Crippen MR) is 122 cm³/mol. The molecule has 0 saturated carbocycles. The summed E-state index contributed by atoms with van der Waals surface area (Å²) in [5, 5.41) is 0. The van der Waals surface area contributed by atoms with E-state index < -0.39 is 9.84 Å². The van der Waals surface area contributed by atoms with Crippen LogP contribution in [0.2, 0.25) is 0 Å². The molecule has 1 unspecified atom stereocenters. The van der Waals surface area contributed by atoms with Crippen molar-refractivity contribution in [3.05, 3.63) is 96.6 Å². The fourth-order valence-electron chi connectivity index (χ4n) is 4.17. The number of hydrogen-bond acceptors (Lipinski definition) is 4. The zero-order chi connectivity index (χ0) is 20.8. The van der Waals surface area contributed by atoms with Gasteiger partial charge in [0.15, 0.2) is 9.84 Å². The van der Waals surface area contributed by atoms with E-state index in [0.29, 0.717) is 4.90 Å². The minimum atomic E-state index is -3.43. The van der Waals surface area contributed by atoms with Crippen LogP contribution in [0.25, 0.3) is 0 Å². The van der Waals surface area contributed by atoms with Crippen molar-refractivity contribution in [2.75, 3.05) is 23.9 Å². The standard InChI is InChI=1S/C25H28N2O2S/c28-30(29,25-16-8-3-9-17-25)21-27(23-13-6-2-7-14-23)24-15-10-18-26(20-24)19-22-11-4-1-5-12-22/h1-9,11-14,16-17,24H,10,15,18-21H2. The van der Waals surface area contributed by atoms with Gasteiger partial charge in [-0.15, -0.1) is 0 Å². The van der Waals surface area contributed by atoms with E-state index >= 15 is 0 Å². The van der Waals surface area contributed by atoms with Crippen LogP contribution in [0.1, 0.15) is 18.4 Å². The lowest BCUT2D eigenvalue weighted by atomic mass is 10.0. The maximum atomic E-state index is 13.2. The number of nitrogens with zero attached hydrogens (tertiary/aromatic N) is 2. The van der Waals surface area contributed by atoms with Crippen molar-refractivity contribution >= 4 is 15.5 Å². The lowest BCUT2D eigenvalue weighted by Gasteiger charge is -2.40. The van der Waals surface area contributed by atoms with Crippen molar-refractivity contribution in [2.24, 2.45) is 0 Å². The number of para-hydroxylation sites is 1. The molecule has 0 aromatic heterocycles. The first kappa shape index (κ1) is 20.6. The average Bonchev–Trinajstić information content (AvgIpc) is 2.80. The number of hydrogen-bond donors (Lipinski definition) is 0. The van der Waals surface area contributed by atoms with Crippen LogP contribution in [0, 0.1) is 0 Å². The summed E-state index contributed by atoms with van der Waals surface area (Å²) in [6.45, 7) is 2.79. The molecule has 0 N–H and O–H groups in total. The largest absolute Gasteiger partial charge is 0.353 e. The molecule has 1 aliphatic heterocycles. The van der Waals surface area contributed by atoms with Crippen LogP contribution in [0.5, 0.6) is 0 Å². The minimum absolute atomic E-state index is 0.00906. The van der Waals surface area contributed by atoms with E-state index in [0.717, 1.165) is 38.2 Å². The van der Waals surface area contributed by atoms with Crippen molar-refractivity contribution in [2.45, 2.75) is 30.3 Å². The summed E-state index contributed by atoms with van der Waals surface area (Å²) in [6, 6.07) is 29.3. The molecule has 1 aliphatic rings. The third-order valence-electron chi connectivity index (χ3n) is 5.67. The van der Waals surface area contributed by atoms with E-state index in [-0.39, 0.29) is 11.9 Å². The Bertz CT molecular complexity index is 1020. The second-order valence-corrected chi connectivity index (χ2v) is 9.84. The summed E-state index contributed by atoms with van der Waals surface area (Å²) in [5.74, 6) is -0.00906. The third kappa shape index (κ3) is 5.10. The third-order valence-corrected chi connectivity index (χ3v) is 7.28. The second-order valence-electron chi connectivity index (χ2n) is 7.88. The Morgan fingerprint density at radius 2 is 1.43 bits per heavy atom. The van der Waals surface area contributed by atoms with Crippen LogP contribution in [-0.4, -0.2) is 38.3 Å². The van der Waals surface area contributed by atoms with E-state index in [1.807, 2.05) is 42.5 Å². The molecule has 3 aromatic rings. The molecular weight excluding hydrogens is 392 g/mol. The molecule has 30 heavy (non-hydrogen) atoms. The van der Waals surface area contributed by atoms with Gasteiger partial charge in [-0.05, 0) is 49.2 Å². The summed E-state index contributed by atoms with van der Waals surface area (Å²) >= 11 is 0. The van der Waals surface area contributed by atoms with E-state index in [1.165, 1.54) is 5.56 Å². The molecule has 1 saturated heterocycles. The predicted octanol–water partition coefficient (Wildman–Crippen LogP) is 4.59. The Morgan fingerprint density at radius 1 is 0.833 bits per heavy atom. The zero-order valence-electron chi connectivity index (χ0n) is 17.1. The number of sulfone groups is 1. The van der Waals surface area contributed by atoms with Crippen molar-refractivity contribution in [1.29, 1.82) is 0 Å². The SMILES string of the molecule is O=S(=O)(CN(c1ccccc1)C1CCCN(Cc2ccccc2)C1)c1ccccc1. The molecule has 1 fully saturated rings. The van der Waals surface area contributed by atoms with Gasteiger partial charge in [0, 0.05) is 24.8 Å². The van der Waals surface area contributed by atoms with E-state index in [1.54, 1.807) is 24.3 Å². The number of piperidine rings is 1. The maximum absolute atomic E-state index is 13.2. The highest BCUT2D eigenvalue weighted by Gasteiger charge is 2.29. The van der Waals surface area contributed by atoms with Crippen LogP contribution in [0.4, 0.5) is 5.69 Å². The first-order chi connectivity index (χ1) is 14.6. The van der Waals surface area contributed by atoms with E-state index in [9.17, 15) is 8.42 Å². The van der Waals surface area contributed by atoms with Crippen molar-refractivity contribution in [1.82, 2.24) is 4.90 Å². The molecule has 4 rings (SSSR count). The lowest BCUT2D eigenvalue weighted by molar-refractivity contribution is 0.198. The summed E-state index contributed by atoms with van der Waals surface area (Å²) in [6.07, 6.45) is 2.05. The van der Waals surface area contributed by atoms with Gasteiger partial charge in [-0.2, -0.15) is 0 Å². The maximum Gasteiger partial charge on any atom is 0.196 e. The Labute approximate surface area is 179 Å². The van der Waals surface area contributed by atoms with Gasteiger partial charge in [0.1, 0.15) is 5.88 Å². The summed E-state index contributed by atoms with van der Waals surface area (Å²) < 4.78 is 26.4. The van der Waals surface area contributed by atoms with Gasteiger partial charge in [-0.3, -0.25) is 4.90 Å². The van der Waals surface area contributed by atoms with Gasteiger partial charge in [0.25, 0.3) is 0 Å². The molecule has 0 bridgehead atoms. The van der Waals surface area contributed by atoms with Crippen molar-refractivity contribution in [3.8, 4) is 0 Å². The van der Waals surface area contributed by atoms with E-state index in [2.05, 4.69) is 34.1 Å². The highest BCUT2D eigenvalue weighted by molar-refractivity contribution is 7.91. The number of benzene rings is 3. The molecule has 1 heterocycles. The van der Waals surface area contributed by atoms with Crippen LogP contribution in [0.15, 0.2) is 95.9 Å². The molecule has 0 spiro atoms. The Balaban J connectivity index is 1.57. The van der Waals surface area contributed by atoms with Gasteiger partial charge in [0.05, 0.1) is 4.90 Å². The Kier molecular flexibility index (Phi) is 6.50. The topological polar surface area (TPSA) is 40.6 Å². The van der Waals surface area contributed by atoms with Gasteiger partial charge < -0.3 is 4.90 Å².